The van der Waals surface area contributed by atoms with Gasteiger partial charge in [-0.05, 0) is 30.4 Å². The Kier molecular flexibility index (Phi) is 3.63. The number of rotatable bonds is 1. The lowest BCUT2D eigenvalue weighted by atomic mass is 10.1. The number of aryl methyl sites for hydroxylation is 1. The monoisotopic (exact) mass is 253 g/mol. The van der Waals surface area contributed by atoms with Crippen molar-refractivity contribution >= 4 is 23.4 Å². The van der Waals surface area contributed by atoms with Crippen LogP contribution in [0.2, 0.25) is 0 Å². The number of amides is 1. The third-order valence-electron chi connectivity index (χ3n) is 2.48. The Morgan fingerprint density at radius 2 is 2.53 bits per heavy atom. The maximum atomic E-state index is 11.1. The fourth-order valence-corrected chi connectivity index (χ4v) is 2.62. The van der Waals surface area contributed by atoms with Gasteiger partial charge in [-0.25, -0.2) is 9.79 Å². The Morgan fingerprint density at radius 1 is 1.71 bits per heavy atom. The number of aliphatic imine (C=N–C) groups is 1. The molecular formula is C11H15N3O2S. The summed E-state index contributed by atoms with van der Waals surface area (Å²) < 4.78 is 4.53. The van der Waals surface area contributed by atoms with Crippen LogP contribution >= 0.6 is 11.3 Å². The SMILES string of the molecule is COC(=O)NC1=NC(c2cc(C)cs2)CCN1. The first kappa shape index (κ1) is 11.9. The van der Waals surface area contributed by atoms with Gasteiger partial charge in [-0.1, -0.05) is 0 Å². The molecule has 0 radical (unpaired) electrons. The zero-order valence-corrected chi connectivity index (χ0v) is 10.6. The van der Waals surface area contributed by atoms with E-state index in [2.05, 4.69) is 38.7 Å². The molecule has 1 aliphatic rings. The zero-order chi connectivity index (χ0) is 12.3. The first-order chi connectivity index (χ1) is 8.19. The van der Waals surface area contributed by atoms with E-state index in [1.165, 1.54) is 17.6 Å². The molecule has 0 spiro atoms. The molecule has 0 aliphatic carbocycles. The van der Waals surface area contributed by atoms with Crippen LogP contribution in [-0.2, 0) is 4.74 Å². The highest BCUT2D eigenvalue weighted by molar-refractivity contribution is 7.10. The molecule has 5 nitrogen and oxygen atoms in total. The van der Waals surface area contributed by atoms with Crippen LogP contribution in [0.3, 0.4) is 0 Å². The Labute approximate surface area is 104 Å². The van der Waals surface area contributed by atoms with E-state index in [1.807, 2.05) is 0 Å². The van der Waals surface area contributed by atoms with Gasteiger partial charge in [0.25, 0.3) is 0 Å². The molecule has 0 saturated heterocycles. The summed E-state index contributed by atoms with van der Waals surface area (Å²) in [6.07, 6.45) is 0.436. The number of nitrogens with zero attached hydrogens (tertiary/aromatic N) is 1. The van der Waals surface area contributed by atoms with Crippen LogP contribution in [0.25, 0.3) is 0 Å². The van der Waals surface area contributed by atoms with Crippen molar-refractivity contribution < 1.29 is 9.53 Å². The Hall–Kier alpha value is -1.56. The van der Waals surface area contributed by atoms with Gasteiger partial charge in [0.05, 0.1) is 13.2 Å². The number of carbonyl (C=O) groups is 1. The molecule has 2 heterocycles. The smallest absolute Gasteiger partial charge is 0.413 e. The standard InChI is InChI=1S/C11H15N3O2S/c1-7-5-9(17-6-7)8-3-4-12-10(13-8)14-11(15)16-2/h5-6,8H,3-4H2,1-2H3,(H2,12,13,14,15). The maximum absolute atomic E-state index is 11.1. The largest absolute Gasteiger partial charge is 0.453 e. The molecule has 1 aliphatic heterocycles. The predicted molar refractivity (Wildman–Crippen MR) is 67.4 cm³/mol. The molecule has 1 unspecified atom stereocenters. The second kappa shape index (κ2) is 5.18. The molecule has 2 N–H and O–H groups in total. The van der Waals surface area contributed by atoms with Crippen LogP contribution in [0, 0.1) is 6.92 Å². The number of hydrogen-bond acceptors (Lipinski definition) is 5. The van der Waals surface area contributed by atoms with Crippen LogP contribution in [0.4, 0.5) is 4.79 Å². The number of nitrogens with one attached hydrogen (secondary N) is 2. The quantitative estimate of drug-likeness (QED) is 0.802. The first-order valence-corrected chi connectivity index (χ1v) is 6.28. The van der Waals surface area contributed by atoms with Crippen LogP contribution in [0.15, 0.2) is 16.4 Å². The number of carbonyl (C=O) groups excluding carboxylic acids is 1. The molecule has 92 valence electrons. The minimum atomic E-state index is -0.501. The third kappa shape index (κ3) is 2.97. The lowest BCUT2D eigenvalue weighted by Crippen LogP contribution is -2.44. The Balaban J connectivity index is 2.09. The molecule has 6 heteroatoms. The van der Waals surface area contributed by atoms with Crippen molar-refractivity contribution in [1.82, 2.24) is 10.6 Å². The molecule has 0 bridgehead atoms. The topological polar surface area (TPSA) is 62.7 Å². The van der Waals surface area contributed by atoms with Crippen molar-refractivity contribution in [2.45, 2.75) is 19.4 Å². The van der Waals surface area contributed by atoms with Crippen molar-refractivity contribution in [2.75, 3.05) is 13.7 Å². The van der Waals surface area contributed by atoms with Gasteiger partial charge in [0.1, 0.15) is 0 Å². The minimum absolute atomic E-state index is 0.127. The van der Waals surface area contributed by atoms with Crippen molar-refractivity contribution in [3.8, 4) is 0 Å². The summed E-state index contributed by atoms with van der Waals surface area (Å²) in [5, 5.41) is 7.70. The molecule has 1 aromatic heterocycles. The lowest BCUT2D eigenvalue weighted by Gasteiger charge is -2.21. The van der Waals surface area contributed by atoms with Gasteiger partial charge in [0, 0.05) is 11.4 Å². The van der Waals surface area contributed by atoms with Gasteiger partial charge >= 0.3 is 6.09 Å². The van der Waals surface area contributed by atoms with Crippen LogP contribution in [0.1, 0.15) is 22.9 Å². The summed E-state index contributed by atoms with van der Waals surface area (Å²) in [5.41, 5.74) is 1.25. The highest BCUT2D eigenvalue weighted by atomic mass is 32.1. The maximum Gasteiger partial charge on any atom is 0.413 e. The summed E-state index contributed by atoms with van der Waals surface area (Å²) in [6, 6.07) is 2.27. The minimum Gasteiger partial charge on any atom is -0.453 e. The molecule has 1 atom stereocenters. The molecule has 0 saturated carbocycles. The molecule has 1 amide bonds. The van der Waals surface area contributed by atoms with E-state index in [0.29, 0.717) is 5.96 Å². The second-order valence-electron chi connectivity index (χ2n) is 3.85. The van der Waals surface area contributed by atoms with E-state index in [4.69, 9.17) is 0 Å². The molecule has 1 aromatic rings. The fourth-order valence-electron chi connectivity index (χ4n) is 1.65. The summed E-state index contributed by atoms with van der Waals surface area (Å²) >= 11 is 1.70. The predicted octanol–water partition coefficient (Wildman–Crippen LogP) is 1.80. The molecule has 0 aromatic carbocycles. The van der Waals surface area contributed by atoms with Crippen molar-refractivity contribution in [2.24, 2.45) is 4.99 Å². The molecular weight excluding hydrogens is 238 g/mol. The molecule has 0 fully saturated rings. The van der Waals surface area contributed by atoms with Gasteiger partial charge in [-0.2, -0.15) is 0 Å². The van der Waals surface area contributed by atoms with E-state index in [-0.39, 0.29) is 6.04 Å². The van der Waals surface area contributed by atoms with Gasteiger partial charge in [-0.15, -0.1) is 11.3 Å². The van der Waals surface area contributed by atoms with E-state index >= 15 is 0 Å². The van der Waals surface area contributed by atoms with Gasteiger partial charge in [0.2, 0.25) is 5.96 Å². The zero-order valence-electron chi connectivity index (χ0n) is 9.82. The highest BCUT2D eigenvalue weighted by Crippen LogP contribution is 2.28. The molecule has 2 rings (SSSR count). The number of hydrogen-bond donors (Lipinski definition) is 2. The summed E-state index contributed by atoms with van der Waals surface area (Å²) in [4.78, 5) is 16.8. The van der Waals surface area contributed by atoms with E-state index in [1.54, 1.807) is 11.3 Å². The number of methoxy groups -OCH3 is 1. The average Bonchev–Trinajstić information content (AvgIpc) is 2.76. The van der Waals surface area contributed by atoms with Gasteiger partial charge < -0.3 is 10.1 Å². The van der Waals surface area contributed by atoms with E-state index in [9.17, 15) is 4.79 Å². The van der Waals surface area contributed by atoms with Gasteiger partial charge in [-0.3, -0.25) is 5.32 Å². The normalized spacial score (nSPS) is 19.2. The van der Waals surface area contributed by atoms with Crippen LogP contribution in [-0.4, -0.2) is 25.7 Å². The van der Waals surface area contributed by atoms with E-state index in [0.717, 1.165) is 13.0 Å². The van der Waals surface area contributed by atoms with Crippen molar-refractivity contribution in [3.05, 3.63) is 21.9 Å². The van der Waals surface area contributed by atoms with Gasteiger partial charge in [0.15, 0.2) is 0 Å². The number of ether oxygens (including phenoxy) is 1. The Bertz CT molecular complexity index is 442. The second-order valence-corrected chi connectivity index (χ2v) is 4.79. The summed E-state index contributed by atoms with van der Waals surface area (Å²) in [6.45, 7) is 2.86. The van der Waals surface area contributed by atoms with Crippen LogP contribution < -0.4 is 10.6 Å². The molecule has 17 heavy (non-hydrogen) atoms. The van der Waals surface area contributed by atoms with Crippen molar-refractivity contribution in [1.29, 1.82) is 0 Å². The Morgan fingerprint density at radius 3 is 3.18 bits per heavy atom. The van der Waals surface area contributed by atoms with Crippen LogP contribution in [0.5, 0.6) is 0 Å². The summed E-state index contributed by atoms with van der Waals surface area (Å²) in [5.74, 6) is 0.485. The number of guanidine groups is 1. The van der Waals surface area contributed by atoms with Crippen molar-refractivity contribution in [3.63, 3.8) is 0 Å². The van der Waals surface area contributed by atoms with E-state index < -0.39 is 6.09 Å². The lowest BCUT2D eigenvalue weighted by molar-refractivity contribution is 0.176. The highest BCUT2D eigenvalue weighted by Gasteiger charge is 2.18. The number of alkyl carbamates (subject to hydrolysis) is 1. The fraction of sp³-hybridized carbons (Fsp3) is 0.455. The summed E-state index contributed by atoms with van der Waals surface area (Å²) in [7, 11) is 1.33. The number of thiophene rings is 1. The first-order valence-electron chi connectivity index (χ1n) is 5.40. The third-order valence-corrected chi connectivity index (χ3v) is 3.63. The average molecular weight is 253 g/mol.